The van der Waals surface area contributed by atoms with Crippen molar-refractivity contribution in [3.63, 3.8) is 0 Å². The number of hydrogen-bond donors (Lipinski definition) is 1. The summed E-state index contributed by atoms with van der Waals surface area (Å²) in [6.07, 6.45) is 0. The molecular weight excluding hydrogens is 377 g/mol. The van der Waals surface area contributed by atoms with Gasteiger partial charge in [-0.3, -0.25) is 4.79 Å². The predicted octanol–water partition coefficient (Wildman–Crippen LogP) is 4.59. The number of rotatable bonds is 5. The Bertz CT molecular complexity index is 845. The lowest BCUT2D eigenvalue weighted by atomic mass is 10.2. The molecule has 124 valence electrons. The minimum Gasteiger partial charge on any atom is -0.481 e. The van der Waals surface area contributed by atoms with Crippen LogP contribution in [0.3, 0.4) is 0 Å². The third-order valence-electron chi connectivity index (χ3n) is 3.50. The van der Waals surface area contributed by atoms with Crippen molar-refractivity contribution in [1.29, 1.82) is 0 Å². The third kappa shape index (κ3) is 3.76. The summed E-state index contributed by atoms with van der Waals surface area (Å²) < 4.78 is 25.2. The van der Waals surface area contributed by atoms with Crippen molar-refractivity contribution in [2.75, 3.05) is 6.61 Å². The van der Waals surface area contributed by atoms with Gasteiger partial charge < -0.3 is 14.5 Å². The van der Waals surface area contributed by atoms with E-state index in [4.69, 9.17) is 9.15 Å². The van der Waals surface area contributed by atoms with Crippen LogP contribution in [0.5, 0.6) is 5.75 Å². The van der Waals surface area contributed by atoms with E-state index in [0.717, 1.165) is 11.0 Å². The summed E-state index contributed by atoms with van der Waals surface area (Å²) >= 11 is 3.16. The first-order chi connectivity index (χ1) is 11.5. The molecule has 0 aliphatic carbocycles. The molecule has 0 spiro atoms. The summed E-state index contributed by atoms with van der Waals surface area (Å²) in [5.41, 5.74) is 0.766. The van der Waals surface area contributed by atoms with E-state index in [0.29, 0.717) is 10.2 Å². The van der Waals surface area contributed by atoms with Gasteiger partial charge in [-0.2, -0.15) is 0 Å². The molecular formula is C18H15BrFNO3. The van der Waals surface area contributed by atoms with Gasteiger partial charge in [-0.15, -0.1) is 0 Å². The van der Waals surface area contributed by atoms with Gasteiger partial charge in [-0.25, -0.2) is 4.39 Å². The van der Waals surface area contributed by atoms with Crippen LogP contribution in [0.15, 0.2) is 57.4 Å². The minimum atomic E-state index is -0.525. The van der Waals surface area contributed by atoms with E-state index in [2.05, 4.69) is 21.2 Å². The molecule has 0 bridgehead atoms. The van der Waals surface area contributed by atoms with Crippen LogP contribution in [-0.2, 0) is 4.79 Å². The summed E-state index contributed by atoms with van der Waals surface area (Å²) in [7, 11) is 0. The van der Waals surface area contributed by atoms with Crippen molar-refractivity contribution in [2.45, 2.75) is 13.0 Å². The molecule has 6 heteroatoms. The van der Waals surface area contributed by atoms with Crippen molar-refractivity contribution in [3.05, 3.63) is 64.6 Å². The molecule has 0 fully saturated rings. The first-order valence-corrected chi connectivity index (χ1v) is 8.18. The Balaban J connectivity index is 1.59. The van der Waals surface area contributed by atoms with Crippen LogP contribution < -0.4 is 10.1 Å². The van der Waals surface area contributed by atoms with Gasteiger partial charge in [0.1, 0.15) is 11.3 Å². The van der Waals surface area contributed by atoms with Gasteiger partial charge in [-0.05, 0) is 37.3 Å². The van der Waals surface area contributed by atoms with Gasteiger partial charge in [0.05, 0.1) is 6.04 Å². The van der Waals surface area contributed by atoms with Crippen LogP contribution in [0.1, 0.15) is 18.7 Å². The van der Waals surface area contributed by atoms with Crippen molar-refractivity contribution in [1.82, 2.24) is 5.32 Å². The average Bonchev–Trinajstić information content (AvgIpc) is 2.98. The molecule has 3 rings (SSSR count). The molecule has 1 atom stereocenters. The highest BCUT2D eigenvalue weighted by atomic mass is 79.9. The Morgan fingerprint density at radius 3 is 2.83 bits per heavy atom. The van der Waals surface area contributed by atoms with Crippen LogP contribution in [0, 0.1) is 5.82 Å². The molecule has 3 aromatic rings. The number of hydrogen-bond acceptors (Lipinski definition) is 3. The molecule has 1 amide bonds. The maximum atomic E-state index is 13.6. The average molecular weight is 392 g/mol. The number of carbonyl (C=O) groups is 1. The number of halogens is 2. The number of para-hydroxylation sites is 1. The lowest BCUT2D eigenvalue weighted by Crippen LogP contribution is -2.31. The number of nitrogens with one attached hydrogen (secondary N) is 1. The fourth-order valence-corrected chi connectivity index (χ4v) is 2.64. The topological polar surface area (TPSA) is 51.5 Å². The molecule has 0 saturated heterocycles. The van der Waals surface area contributed by atoms with E-state index in [1.54, 1.807) is 6.07 Å². The number of amides is 1. The SMILES string of the molecule is C[C@@H](NC(=O)COc1ccc(Br)cc1F)c1cc2ccccc2o1. The van der Waals surface area contributed by atoms with E-state index in [9.17, 15) is 9.18 Å². The summed E-state index contributed by atoms with van der Waals surface area (Å²) in [5.74, 6) is -0.197. The van der Waals surface area contributed by atoms with Gasteiger partial charge in [0.2, 0.25) is 0 Å². The Hall–Kier alpha value is -2.34. The minimum absolute atomic E-state index is 0.0322. The van der Waals surface area contributed by atoms with Gasteiger partial charge >= 0.3 is 0 Å². The molecule has 4 nitrogen and oxygen atoms in total. The number of carbonyl (C=O) groups excluding carboxylic acids is 1. The molecule has 0 radical (unpaired) electrons. The van der Waals surface area contributed by atoms with Crippen molar-refractivity contribution < 1.29 is 18.3 Å². The van der Waals surface area contributed by atoms with Crippen LogP contribution in [0.2, 0.25) is 0 Å². The normalized spacial score (nSPS) is 12.1. The van der Waals surface area contributed by atoms with Gasteiger partial charge in [-0.1, -0.05) is 34.1 Å². The zero-order chi connectivity index (χ0) is 17.1. The lowest BCUT2D eigenvalue weighted by Gasteiger charge is -2.12. The molecule has 24 heavy (non-hydrogen) atoms. The smallest absolute Gasteiger partial charge is 0.258 e. The third-order valence-corrected chi connectivity index (χ3v) is 3.99. The Labute approximate surface area is 146 Å². The molecule has 0 aliphatic heterocycles. The molecule has 1 N–H and O–H groups in total. The second kappa shape index (κ2) is 7.05. The summed E-state index contributed by atoms with van der Waals surface area (Å²) in [6, 6.07) is 13.6. The number of benzene rings is 2. The van der Waals surface area contributed by atoms with Crippen molar-refractivity contribution in [3.8, 4) is 5.75 Å². The van der Waals surface area contributed by atoms with E-state index in [-0.39, 0.29) is 24.3 Å². The maximum absolute atomic E-state index is 13.6. The second-order valence-electron chi connectivity index (χ2n) is 5.34. The zero-order valence-electron chi connectivity index (χ0n) is 12.9. The Kier molecular flexibility index (Phi) is 4.85. The zero-order valence-corrected chi connectivity index (χ0v) is 14.5. The first-order valence-electron chi connectivity index (χ1n) is 7.38. The van der Waals surface area contributed by atoms with Crippen molar-refractivity contribution in [2.24, 2.45) is 0 Å². The molecule has 1 aromatic heterocycles. The standard InChI is InChI=1S/C18H15BrFNO3/c1-11(17-8-12-4-2-3-5-15(12)24-17)21-18(22)10-23-16-7-6-13(19)9-14(16)20/h2-9,11H,10H2,1H3,(H,21,22)/t11-/m1/s1. The molecule has 0 saturated carbocycles. The summed E-state index contributed by atoms with van der Waals surface area (Å²) in [6.45, 7) is 1.54. The number of ether oxygens (including phenoxy) is 1. The number of fused-ring (bicyclic) bond motifs is 1. The quantitative estimate of drug-likeness (QED) is 0.691. The van der Waals surface area contributed by atoms with Crippen LogP contribution >= 0.6 is 15.9 Å². The first kappa shape index (κ1) is 16.5. The van der Waals surface area contributed by atoms with E-state index in [1.165, 1.54) is 12.1 Å². The number of furan rings is 1. The Morgan fingerprint density at radius 1 is 1.29 bits per heavy atom. The van der Waals surface area contributed by atoms with Crippen molar-refractivity contribution >= 4 is 32.8 Å². The highest BCUT2D eigenvalue weighted by molar-refractivity contribution is 9.10. The predicted molar refractivity (Wildman–Crippen MR) is 92.4 cm³/mol. The summed E-state index contributed by atoms with van der Waals surface area (Å²) in [4.78, 5) is 12.0. The summed E-state index contributed by atoms with van der Waals surface area (Å²) in [5, 5.41) is 3.74. The fraction of sp³-hybridized carbons (Fsp3) is 0.167. The van der Waals surface area contributed by atoms with Crippen LogP contribution in [-0.4, -0.2) is 12.5 Å². The van der Waals surface area contributed by atoms with Crippen LogP contribution in [0.25, 0.3) is 11.0 Å². The molecule has 0 aliphatic rings. The monoisotopic (exact) mass is 391 g/mol. The van der Waals surface area contributed by atoms with Crippen LogP contribution in [0.4, 0.5) is 4.39 Å². The second-order valence-corrected chi connectivity index (χ2v) is 6.25. The van der Waals surface area contributed by atoms with E-state index < -0.39 is 5.82 Å². The largest absolute Gasteiger partial charge is 0.481 e. The fourth-order valence-electron chi connectivity index (χ4n) is 2.31. The molecule has 2 aromatic carbocycles. The van der Waals surface area contributed by atoms with Gasteiger partial charge in [0, 0.05) is 9.86 Å². The molecule has 0 unspecified atom stereocenters. The highest BCUT2D eigenvalue weighted by Crippen LogP contribution is 2.24. The maximum Gasteiger partial charge on any atom is 0.258 e. The van der Waals surface area contributed by atoms with E-state index >= 15 is 0 Å². The molecule has 1 heterocycles. The van der Waals surface area contributed by atoms with E-state index in [1.807, 2.05) is 37.3 Å². The lowest BCUT2D eigenvalue weighted by molar-refractivity contribution is -0.123. The highest BCUT2D eigenvalue weighted by Gasteiger charge is 2.15. The Morgan fingerprint density at radius 2 is 2.08 bits per heavy atom. The van der Waals surface area contributed by atoms with Gasteiger partial charge in [0.15, 0.2) is 18.2 Å². The van der Waals surface area contributed by atoms with Gasteiger partial charge in [0.25, 0.3) is 5.91 Å².